The van der Waals surface area contributed by atoms with Crippen LogP contribution in [0.2, 0.25) is 0 Å². The summed E-state index contributed by atoms with van der Waals surface area (Å²) in [7, 11) is 0. The van der Waals surface area contributed by atoms with Gasteiger partial charge in [-0.15, -0.1) is 0 Å². The number of anilines is 1. The van der Waals surface area contributed by atoms with Gasteiger partial charge in [0, 0.05) is 0 Å². The van der Waals surface area contributed by atoms with Gasteiger partial charge in [-0.05, 0) is 0 Å². The van der Waals surface area contributed by atoms with Gasteiger partial charge in [-0.1, -0.05) is 0 Å². The fourth-order valence-electron chi connectivity index (χ4n) is 0.602. The molecule has 3 nitrogen and oxygen atoms in total. The van der Waals surface area contributed by atoms with Crippen LogP contribution in [0.3, 0.4) is 0 Å². The molecule has 0 spiro atoms. The minimum atomic E-state index is -0.847. The molecular weight excluding hydrogens is 197 g/mol. The molecule has 0 aliphatic carbocycles. The van der Waals surface area contributed by atoms with Crippen LogP contribution < -0.4 is 5.73 Å². The van der Waals surface area contributed by atoms with Gasteiger partial charge in [0.25, 0.3) is 0 Å². The van der Waals surface area contributed by atoms with Crippen molar-refractivity contribution in [1.29, 1.82) is 0 Å². The third-order valence-corrected chi connectivity index (χ3v) is 3.38. The van der Waals surface area contributed by atoms with E-state index in [4.69, 9.17) is 10.8 Å². The van der Waals surface area contributed by atoms with Crippen molar-refractivity contribution in [3.05, 3.63) is 14.9 Å². The number of hydrogen-bond acceptors (Lipinski definition) is 2. The van der Waals surface area contributed by atoms with Crippen LogP contribution in [0.4, 0.5) is 5.69 Å². The Balaban J connectivity index is 3.10. The summed E-state index contributed by atoms with van der Waals surface area (Å²) in [4.78, 5) is 10.4. The Hall–Kier alpha value is -0.731. The zero-order valence-corrected chi connectivity index (χ0v) is 7.13. The topological polar surface area (TPSA) is 63.3 Å². The van der Waals surface area contributed by atoms with Crippen LogP contribution in [0, 0.1) is 6.92 Å². The third kappa shape index (κ3) is 1.23. The zero-order chi connectivity index (χ0) is 7.72. The molecule has 0 aromatic carbocycles. The molecule has 0 unspecified atom stereocenters. The molecule has 0 radical (unpaired) electrons. The average Bonchev–Trinajstić information content (AvgIpc) is 2.13. The Morgan fingerprint density at radius 2 is 2.40 bits per heavy atom. The maximum atomic E-state index is 10.4. The molecule has 54 valence electrons. The number of aryl methyl sites for hydroxylation is 1. The number of carbonyl (C=O) groups is 1. The molecule has 0 atom stereocenters. The zero-order valence-electron chi connectivity index (χ0n) is 5.42. The molecule has 0 fully saturated rings. The standard InChI is InChI=1S/C6H7NO2Se/c1-3-4(7)2-5(10-3)6(8)9/h2H,7H2,1H3,(H,8,9). The van der Waals surface area contributed by atoms with E-state index >= 15 is 0 Å². The van der Waals surface area contributed by atoms with E-state index in [0.717, 1.165) is 4.44 Å². The monoisotopic (exact) mass is 205 g/mol. The van der Waals surface area contributed by atoms with Gasteiger partial charge < -0.3 is 0 Å². The van der Waals surface area contributed by atoms with Gasteiger partial charge in [0.1, 0.15) is 0 Å². The molecule has 0 saturated carbocycles. The van der Waals surface area contributed by atoms with Crippen LogP contribution in [0.5, 0.6) is 0 Å². The van der Waals surface area contributed by atoms with Crippen molar-refractivity contribution in [3.8, 4) is 0 Å². The SMILES string of the molecule is Cc1[se]c(C(=O)O)cc1N. The number of carboxylic acid groups (broad SMARTS) is 1. The van der Waals surface area contributed by atoms with E-state index in [9.17, 15) is 4.79 Å². The van der Waals surface area contributed by atoms with E-state index < -0.39 is 5.97 Å². The number of nitrogens with two attached hydrogens (primary N) is 1. The Bertz CT molecular complexity index is 247. The summed E-state index contributed by atoms with van der Waals surface area (Å²) in [6.45, 7) is 1.86. The molecule has 0 bridgehead atoms. The van der Waals surface area contributed by atoms with E-state index in [1.165, 1.54) is 6.07 Å². The average molecular weight is 204 g/mol. The van der Waals surface area contributed by atoms with Gasteiger partial charge in [0.15, 0.2) is 0 Å². The summed E-state index contributed by atoms with van der Waals surface area (Å²) in [5.74, 6) is -0.847. The van der Waals surface area contributed by atoms with Crippen molar-refractivity contribution in [2.75, 3.05) is 5.73 Å². The van der Waals surface area contributed by atoms with Gasteiger partial charge in [0.2, 0.25) is 0 Å². The number of hydrogen-bond donors (Lipinski definition) is 2. The first-order chi connectivity index (χ1) is 4.61. The Labute approximate surface area is 64.2 Å². The van der Waals surface area contributed by atoms with Gasteiger partial charge in [-0.3, -0.25) is 0 Å². The number of rotatable bonds is 1. The molecule has 0 aliphatic rings. The summed E-state index contributed by atoms with van der Waals surface area (Å²) in [6, 6.07) is 1.54. The van der Waals surface area contributed by atoms with Crippen molar-refractivity contribution in [3.63, 3.8) is 0 Å². The quantitative estimate of drug-likeness (QED) is 0.648. The van der Waals surface area contributed by atoms with Gasteiger partial charge in [0.05, 0.1) is 0 Å². The summed E-state index contributed by atoms with van der Waals surface area (Å²) >= 11 is -0.0457. The normalized spacial score (nSPS) is 9.70. The molecule has 3 N–H and O–H groups in total. The molecule has 4 heteroatoms. The van der Waals surface area contributed by atoms with Crippen LogP contribution in [0.25, 0.3) is 0 Å². The van der Waals surface area contributed by atoms with E-state index in [2.05, 4.69) is 0 Å². The van der Waals surface area contributed by atoms with Crippen LogP contribution in [-0.4, -0.2) is 25.6 Å². The van der Waals surface area contributed by atoms with Gasteiger partial charge >= 0.3 is 63.7 Å². The molecule has 10 heavy (non-hydrogen) atoms. The number of nitrogen functional groups attached to an aromatic ring is 1. The molecule has 1 heterocycles. The van der Waals surface area contributed by atoms with Crippen molar-refractivity contribution < 1.29 is 9.90 Å². The van der Waals surface area contributed by atoms with Crippen molar-refractivity contribution in [1.82, 2.24) is 0 Å². The summed E-state index contributed by atoms with van der Waals surface area (Å²) in [5.41, 5.74) is 6.08. The van der Waals surface area contributed by atoms with E-state index in [1.54, 1.807) is 0 Å². The van der Waals surface area contributed by atoms with E-state index in [-0.39, 0.29) is 14.5 Å². The molecule has 1 aromatic rings. The predicted octanol–water partition coefficient (Wildman–Crippen LogP) is 0.332. The second-order valence-electron chi connectivity index (χ2n) is 1.93. The van der Waals surface area contributed by atoms with Crippen molar-refractivity contribution in [2.24, 2.45) is 0 Å². The van der Waals surface area contributed by atoms with E-state index in [0.29, 0.717) is 10.1 Å². The predicted molar refractivity (Wildman–Crippen MR) is 39.5 cm³/mol. The first kappa shape index (κ1) is 7.38. The summed E-state index contributed by atoms with van der Waals surface area (Å²) < 4.78 is 1.45. The molecule has 0 amide bonds. The Kier molecular flexibility index (Phi) is 1.83. The summed E-state index contributed by atoms with van der Waals surface area (Å²) in [6.07, 6.45) is 0. The van der Waals surface area contributed by atoms with Crippen molar-refractivity contribution in [2.45, 2.75) is 6.92 Å². The van der Waals surface area contributed by atoms with E-state index in [1.807, 2.05) is 6.92 Å². The second kappa shape index (κ2) is 2.48. The second-order valence-corrected chi connectivity index (χ2v) is 4.56. The molecule has 0 saturated heterocycles. The first-order valence-corrected chi connectivity index (χ1v) is 4.42. The number of carboxylic acids is 1. The van der Waals surface area contributed by atoms with Gasteiger partial charge in [-0.25, -0.2) is 0 Å². The maximum absolute atomic E-state index is 10.4. The minimum absolute atomic E-state index is 0.0457. The molecule has 0 aliphatic heterocycles. The summed E-state index contributed by atoms with van der Waals surface area (Å²) in [5, 5.41) is 8.51. The molecule has 1 aromatic heterocycles. The van der Waals surface area contributed by atoms with Crippen LogP contribution >= 0.6 is 0 Å². The number of aromatic carboxylic acids is 1. The fraction of sp³-hybridized carbons (Fsp3) is 0.167. The molecular formula is C6H7NO2Se. The van der Waals surface area contributed by atoms with Crippen LogP contribution in [0.1, 0.15) is 13.7 Å². The Morgan fingerprint density at radius 3 is 2.60 bits per heavy atom. The van der Waals surface area contributed by atoms with Crippen LogP contribution in [0.15, 0.2) is 6.07 Å². The third-order valence-electron chi connectivity index (χ3n) is 1.17. The first-order valence-electron chi connectivity index (χ1n) is 2.70. The van der Waals surface area contributed by atoms with Crippen molar-refractivity contribution >= 4 is 26.2 Å². The Morgan fingerprint density at radius 1 is 1.80 bits per heavy atom. The van der Waals surface area contributed by atoms with Gasteiger partial charge in [-0.2, -0.15) is 0 Å². The van der Waals surface area contributed by atoms with Crippen LogP contribution in [-0.2, 0) is 0 Å². The fourth-order valence-corrected chi connectivity index (χ4v) is 2.24. The molecule has 1 rings (SSSR count).